The van der Waals surface area contributed by atoms with Crippen LogP contribution in [0.3, 0.4) is 0 Å². The number of methoxy groups -OCH3 is 1. The molecule has 0 bridgehead atoms. The molecular formula is C19H26N2O3S. The molecule has 0 spiro atoms. The SMILES string of the molecule is CCN(CC)S(=O)(=O)c1ccc(CNCc2ccccc2OC)cc1. The molecule has 25 heavy (non-hydrogen) atoms. The Morgan fingerprint density at radius 2 is 1.60 bits per heavy atom. The van der Waals surface area contributed by atoms with Crippen LogP contribution in [0.1, 0.15) is 25.0 Å². The Morgan fingerprint density at radius 1 is 0.960 bits per heavy atom. The van der Waals surface area contributed by atoms with Gasteiger partial charge in [0.15, 0.2) is 0 Å². The lowest BCUT2D eigenvalue weighted by Gasteiger charge is -2.18. The van der Waals surface area contributed by atoms with Crippen molar-refractivity contribution in [3.63, 3.8) is 0 Å². The Bertz CT molecular complexity index is 770. The Balaban J connectivity index is 1.99. The van der Waals surface area contributed by atoms with E-state index < -0.39 is 10.0 Å². The maximum absolute atomic E-state index is 12.5. The molecule has 2 rings (SSSR count). The van der Waals surface area contributed by atoms with E-state index in [-0.39, 0.29) is 0 Å². The standard InChI is InChI=1S/C19H26N2O3S/c1-4-21(5-2)25(22,23)18-12-10-16(11-13-18)14-20-15-17-8-6-7-9-19(17)24-3/h6-13,20H,4-5,14-15H2,1-3H3. The molecule has 2 aromatic rings. The van der Waals surface area contributed by atoms with Crippen molar-refractivity contribution in [3.05, 3.63) is 59.7 Å². The largest absolute Gasteiger partial charge is 0.496 e. The van der Waals surface area contributed by atoms with Crippen LogP contribution < -0.4 is 10.1 Å². The first-order chi connectivity index (χ1) is 12.0. The molecule has 0 saturated heterocycles. The van der Waals surface area contributed by atoms with E-state index in [1.54, 1.807) is 19.2 Å². The Morgan fingerprint density at radius 3 is 2.20 bits per heavy atom. The third-order valence-electron chi connectivity index (χ3n) is 4.10. The first-order valence-electron chi connectivity index (χ1n) is 8.44. The highest BCUT2D eigenvalue weighted by Gasteiger charge is 2.20. The van der Waals surface area contributed by atoms with Gasteiger partial charge in [0.25, 0.3) is 0 Å². The predicted octanol–water partition coefficient (Wildman–Crippen LogP) is 3.02. The summed E-state index contributed by atoms with van der Waals surface area (Å²) in [4.78, 5) is 0.338. The van der Waals surface area contributed by atoms with Crippen LogP contribution in [0.4, 0.5) is 0 Å². The molecule has 0 radical (unpaired) electrons. The summed E-state index contributed by atoms with van der Waals surface area (Å²) in [5, 5.41) is 3.36. The van der Waals surface area contributed by atoms with Crippen LogP contribution in [0.2, 0.25) is 0 Å². The fourth-order valence-corrected chi connectivity index (χ4v) is 4.14. The number of hydrogen-bond acceptors (Lipinski definition) is 4. The van der Waals surface area contributed by atoms with E-state index in [1.165, 1.54) is 4.31 Å². The molecule has 0 aliphatic carbocycles. The number of rotatable bonds is 9. The Kier molecular flexibility index (Phi) is 6.99. The molecular weight excluding hydrogens is 336 g/mol. The number of para-hydroxylation sites is 1. The molecule has 0 atom stereocenters. The highest BCUT2D eigenvalue weighted by atomic mass is 32.2. The van der Waals surface area contributed by atoms with Crippen molar-refractivity contribution in [1.82, 2.24) is 9.62 Å². The van der Waals surface area contributed by atoms with Gasteiger partial charge in [-0.3, -0.25) is 0 Å². The lowest BCUT2D eigenvalue weighted by atomic mass is 10.2. The summed E-state index contributed by atoms with van der Waals surface area (Å²) < 4.78 is 31.7. The summed E-state index contributed by atoms with van der Waals surface area (Å²) in [7, 11) is -1.73. The summed E-state index contributed by atoms with van der Waals surface area (Å²) in [6, 6.07) is 14.9. The molecule has 0 fully saturated rings. The molecule has 1 N–H and O–H groups in total. The lowest BCUT2D eigenvalue weighted by molar-refractivity contribution is 0.407. The van der Waals surface area contributed by atoms with Crippen LogP contribution in [-0.2, 0) is 23.1 Å². The topological polar surface area (TPSA) is 58.6 Å². The van der Waals surface area contributed by atoms with E-state index in [4.69, 9.17) is 4.74 Å². The number of hydrogen-bond donors (Lipinski definition) is 1. The lowest BCUT2D eigenvalue weighted by Crippen LogP contribution is -2.30. The van der Waals surface area contributed by atoms with Crippen molar-refractivity contribution in [1.29, 1.82) is 0 Å². The number of sulfonamides is 1. The van der Waals surface area contributed by atoms with Gasteiger partial charge in [-0.15, -0.1) is 0 Å². The van der Waals surface area contributed by atoms with E-state index >= 15 is 0 Å². The monoisotopic (exact) mass is 362 g/mol. The minimum Gasteiger partial charge on any atom is -0.496 e. The van der Waals surface area contributed by atoms with Gasteiger partial charge in [0.05, 0.1) is 12.0 Å². The van der Waals surface area contributed by atoms with Crippen LogP contribution in [0, 0.1) is 0 Å². The molecule has 0 aromatic heterocycles. The molecule has 0 amide bonds. The molecule has 0 unspecified atom stereocenters. The van der Waals surface area contributed by atoms with Gasteiger partial charge in [-0.1, -0.05) is 44.2 Å². The molecule has 6 heteroatoms. The minimum atomic E-state index is -3.39. The summed E-state index contributed by atoms with van der Waals surface area (Å²) in [6.45, 7) is 5.98. The first kappa shape index (κ1) is 19.4. The molecule has 0 heterocycles. The van der Waals surface area contributed by atoms with Crippen molar-refractivity contribution in [2.24, 2.45) is 0 Å². The van der Waals surface area contributed by atoms with Crippen molar-refractivity contribution < 1.29 is 13.2 Å². The highest BCUT2D eigenvalue weighted by Crippen LogP contribution is 2.18. The van der Waals surface area contributed by atoms with E-state index in [9.17, 15) is 8.42 Å². The maximum atomic E-state index is 12.5. The van der Waals surface area contributed by atoms with Gasteiger partial charge < -0.3 is 10.1 Å². The molecule has 0 aliphatic heterocycles. The highest BCUT2D eigenvalue weighted by molar-refractivity contribution is 7.89. The number of nitrogens with zero attached hydrogens (tertiary/aromatic N) is 1. The summed E-state index contributed by atoms with van der Waals surface area (Å²) >= 11 is 0. The summed E-state index contributed by atoms with van der Waals surface area (Å²) in [5.41, 5.74) is 2.12. The zero-order chi connectivity index (χ0) is 18.3. The van der Waals surface area contributed by atoms with E-state index in [2.05, 4.69) is 5.32 Å². The second kappa shape index (κ2) is 8.99. The fraction of sp³-hybridized carbons (Fsp3) is 0.368. The quantitative estimate of drug-likeness (QED) is 0.745. The average Bonchev–Trinajstić information content (AvgIpc) is 2.63. The van der Waals surface area contributed by atoms with Crippen LogP contribution in [0.15, 0.2) is 53.4 Å². The second-order valence-corrected chi connectivity index (χ2v) is 7.59. The molecule has 5 nitrogen and oxygen atoms in total. The Hall–Kier alpha value is -1.89. The maximum Gasteiger partial charge on any atom is 0.243 e. The van der Waals surface area contributed by atoms with Gasteiger partial charge in [-0.2, -0.15) is 4.31 Å². The number of ether oxygens (including phenoxy) is 1. The van der Waals surface area contributed by atoms with Gasteiger partial charge >= 0.3 is 0 Å². The van der Waals surface area contributed by atoms with Gasteiger partial charge in [-0.05, 0) is 23.8 Å². The van der Waals surface area contributed by atoms with Crippen molar-refractivity contribution in [3.8, 4) is 5.75 Å². The van der Waals surface area contributed by atoms with Crippen molar-refractivity contribution >= 4 is 10.0 Å². The van der Waals surface area contributed by atoms with Crippen LogP contribution in [0.25, 0.3) is 0 Å². The van der Waals surface area contributed by atoms with E-state index in [1.807, 2.05) is 50.2 Å². The molecule has 2 aromatic carbocycles. The van der Waals surface area contributed by atoms with Gasteiger partial charge in [0.1, 0.15) is 5.75 Å². The van der Waals surface area contributed by atoms with Crippen LogP contribution >= 0.6 is 0 Å². The third-order valence-corrected chi connectivity index (χ3v) is 6.17. The molecule has 0 saturated carbocycles. The number of nitrogens with one attached hydrogen (secondary N) is 1. The van der Waals surface area contributed by atoms with E-state index in [0.29, 0.717) is 31.1 Å². The normalized spacial score (nSPS) is 11.7. The van der Waals surface area contributed by atoms with E-state index in [0.717, 1.165) is 16.9 Å². The smallest absolute Gasteiger partial charge is 0.243 e. The van der Waals surface area contributed by atoms with Crippen LogP contribution in [-0.4, -0.2) is 32.9 Å². The average molecular weight is 362 g/mol. The molecule has 136 valence electrons. The zero-order valence-corrected chi connectivity index (χ0v) is 15.8. The molecule has 0 aliphatic rings. The Labute approximate surface area is 150 Å². The van der Waals surface area contributed by atoms with Gasteiger partial charge in [0, 0.05) is 31.7 Å². The summed E-state index contributed by atoms with van der Waals surface area (Å²) in [6.07, 6.45) is 0. The van der Waals surface area contributed by atoms with Gasteiger partial charge in [0.2, 0.25) is 10.0 Å². The minimum absolute atomic E-state index is 0.338. The summed E-state index contributed by atoms with van der Waals surface area (Å²) in [5.74, 6) is 0.857. The number of benzene rings is 2. The third kappa shape index (κ3) is 4.81. The van der Waals surface area contributed by atoms with Crippen molar-refractivity contribution in [2.75, 3.05) is 20.2 Å². The van der Waals surface area contributed by atoms with Crippen molar-refractivity contribution in [2.45, 2.75) is 31.8 Å². The fourth-order valence-electron chi connectivity index (χ4n) is 2.68. The van der Waals surface area contributed by atoms with Crippen LogP contribution in [0.5, 0.6) is 5.75 Å². The van der Waals surface area contributed by atoms with Gasteiger partial charge in [-0.25, -0.2) is 8.42 Å². The zero-order valence-electron chi connectivity index (χ0n) is 15.0. The second-order valence-electron chi connectivity index (χ2n) is 5.65. The first-order valence-corrected chi connectivity index (χ1v) is 9.88. The predicted molar refractivity (Wildman–Crippen MR) is 100 cm³/mol.